The average molecular weight is 492 g/mol. The number of hydrogen-bond donors (Lipinski definition) is 1. The summed E-state index contributed by atoms with van der Waals surface area (Å²) in [7, 11) is 0. The molecule has 32 heavy (non-hydrogen) atoms. The molecule has 0 heterocycles. The molecular formula is C23H17Cl3N2O4. The summed E-state index contributed by atoms with van der Waals surface area (Å²) in [5.74, 6) is -0.485. The number of carbonyl (C=O) groups excluding carboxylic acids is 2. The normalized spacial score (nSPS) is 10.8. The van der Waals surface area contributed by atoms with Gasteiger partial charge in [0.2, 0.25) is 0 Å². The number of carbonyl (C=O) groups is 2. The summed E-state index contributed by atoms with van der Waals surface area (Å²) in [6.07, 6.45) is 1.44. The second-order valence-electron chi connectivity index (χ2n) is 6.36. The molecule has 6 nitrogen and oxygen atoms in total. The minimum absolute atomic E-state index is 0.175. The van der Waals surface area contributed by atoms with Crippen molar-refractivity contribution in [2.45, 2.75) is 6.92 Å². The van der Waals surface area contributed by atoms with Gasteiger partial charge in [-0.05, 0) is 73.2 Å². The van der Waals surface area contributed by atoms with Gasteiger partial charge in [0, 0.05) is 15.6 Å². The minimum atomic E-state index is -0.649. The topological polar surface area (TPSA) is 77.0 Å². The quantitative estimate of drug-likeness (QED) is 0.189. The molecule has 0 radical (unpaired) electrons. The van der Waals surface area contributed by atoms with Crippen LogP contribution in [0.2, 0.25) is 15.1 Å². The molecule has 0 bridgehead atoms. The molecule has 0 saturated carbocycles. The van der Waals surface area contributed by atoms with Gasteiger partial charge in [0.1, 0.15) is 0 Å². The molecule has 3 rings (SSSR count). The Bertz CT molecular complexity index is 1160. The molecule has 3 aromatic rings. The Morgan fingerprint density at radius 1 is 0.938 bits per heavy atom. The minimum Gasteiger partial charge on any atom is -0.490 e. The van der Waals surface area contributed by atoms with Gasteiger partial charge in [0.25, 0.3) is 5.91 Å². The Balaban J connectivity index is 1.72. The lowest BCUT2D eigenvalue weighted by Crippen LogP contribution is -2.17. The number of halogens is 3. The number of benzene rings is 3. The number of nitrogens with one attached hydrogen (secondary N) is 1. The number of hydrogen-bond acceptors (Lipinski definition) is 5. The molecule has 9 heteroatoms. The Hall–Kier alpha value is -3.06. The van der Waals surface area contributed by atoms with Crippen LogP contribution in [0.15, 0.2) is 65.8 Å². The fourth-order valence-electron chi connectivity index (χ4n) is 2.60. The molecule has 0 unspecified atom stereocenters. The molecule has 0 fully saturated rings. The second kappa shape index (κ2) is 11.0. The van der Waals surface area contributed by atoms with E-state index in [2.05, 4.69) is 10.5 Å². The smallest absolute Gasteiger partial charge is 0.345 e. The van der Waals surface area contributed by atoms with Crippen LogP contribution in [0.4, 0.5) is 0 Å². The van der Waals surface area contributed by atoms with Crippen LogP contribution in [0.5, 0.6) is 11.5 Å². The number of esters is 1. The predicted octanol–water partition coefficient (Wildman–Crippen LogP) is 6.03. The van der Waals surface area contributed by atoms with E-state index < -0.39 is 5.97 Å². The third-order valence-electron chi connectivity index (χ3n) is 4.11. The molecule has 0 aliphatic carbocycles. The highest BCUT2D eigenvalue weighted by atomic mass is 35.5. The number of nitrogens with zero attached hydrogens (tertiary/aromatic N) is 1. The number of hydrazone groups is 1. The molecule has 164 valence electrons. The fourth-order valence-corrected chi connectivity index (χ4v) is 3.21. The third kappa shape index (κ3) is 6.23. The van der Waals surface area contributed by atoms with Crippen molar-refractivity contribution in [1.82, 2.24) is 5.43 Å². The third-order valence-corrected chi connectivity index (χ3v) is 4.91. The van der Waals surface area contributed by atoms with E-state index >= 15 is 0 Å². The van der Waals surface area contributed by atoms with E-state index in [1.165, 1.54) is 18.3 Å². The Morgan fingerprint density at radius 2 is 1.66 bits per heavy atom. The molecule has 1 N–H and O–H groups in total. The molecular weight excluding hydrogens is 475 g/mol. The van der Waals surface area contributed by atoms with E-state index in [1.54, 1.807) is 55.5 Å². The van der Waals surface area contributed by atoms with E-state index in [0.29, 0.717) is 33.5 Å². The van der Waals surface area contributed by atoms with Crippen molar-refractivity contribution in [1.29, 1.82) is 0 Å². The maximum atomic E-state index is 12.5. The number of ether oxygens (including phenoxy) is 2. The largest absolute Gasteiger partial charge is 0.490 e. The first-order chi connectivity index (χ1) is 15.4. The number of rotatable bonds is 7. The van der Waals surface area contributed by atoms with Crippen LogP contribution >= 0.6 is 34.8 Å². The maximum absolute atomic E-state index is 12.5. The van der Waals surface area contributed by atoms with Gasteiger partial charge in [-0.25, -0.2) is 10.2 Å². The Morgan fingerprint density at radius 3 is 2.34 bits per heavy atom. The van der Waals surface area contributed by atoms with Gasteiger partial charge in [-0.3, -0.25) is 4.79 Å². The van der Waals surface area contributed by atoms with Crippen LogP contribution < -0.4 is 14.9 Å². The van der Waals surface area contributed by atoms with E-state index in [0.717, 1.165) is 0 Å². The first-order valence-electron chi connectivity index (χ1n) is 9.40. The van der Waals surface area contributed by atoms with E-state index in [9.17, 15) is 9.59 Å². The molecule has 0 saturated heterocycles. The molecule has 1 amide bonds. The van der Waals surface area contributed by atoms with Crippen molar-refractivity contribution in [2.75, 3.05) is 6.61 Å². The Labute approximate surface area is 199 Å². The van der Waals surface area contributed by atoms with Crippen molar-refractivity contribution in [3.05, 3.63) is 92.4 Å². The first-order valence-corrected chi connectivity index (χ1v) is 10.5. The van der Waals surface area contributed by atoms with Crippen molar-refractivity contribution in [3.8, 4) is 11.5 Å². The van der Waals surface area contributed by atoms with Crippen LogP contribution in [0.25, 0.3) is 0 Å². The summed E-state index contributed by atoms with van der Waals surface area (Å²) in [4.78, 5) is 24.6. The van der Waals surface area contributed by atoms with Gasteiger partial charge < -0.3 is 9.47 Å². The van der Waals surface area contributed by atoms with Gasteiger partial charge >= 0.3 is 5.97 Å². The zero-order chi connectivity index (χ0) is 23.1. The van der Waals surface area contributed by atoms with Crippen LogP contribution in [-0.2, 0) is 0 Å². The summed E-state index contributed by atoms with van der Waals surface area (Å²) >= 11 is 17.8. The van der Waals surface area contributed by atoms with Crippen molar-refractivity contribution in [3.63, 3.8) is 0 Å². The van der Waals surface area contributed by atoms with Crippen LogP contribution in [0, 0.1) is 0 Å². The van der Waals surface area contributed by atoms with E-state index in [4.69, 9.17) is 44.3 Å². The molecule has 0 aliphatic rings. The van der Waals surface area contributed by atoms with Gasteiger partial charge in [0.05, 0.1) is 23.4 Å². The highest BCUT2D eigenvalue weighted by Crippen LogP contribution is 2.30. The van der Waals surface area contributed by atoms with Crippen LogP contribution in [-0.4, -0.2) is 24.7 Å². The lowest BCUT2D eigenvalue weighted by molar-refractivity contribution is 0.0728. The summed E-state index contributed by atoms with van der Waals surface area (Å²) in [5, 5.41) is 5.08. The summed E-state index contributed by atoms with van der Waals surface area (Å²) < 4.78 is 11.0. The summed E-state index contributed by atoms with van der Waals surface area (Å²) in [6, 6.07) is 15.8. The summed E-state index contributed by atoms with van der Waals surface area (Å²) in [6.45, 7) is 2.15. The molecule has 0 atom stereocenters. The first kappa shape index (κ1) is 23.6. The second-order valence-corrected chi connectivity index (χ2v) is 7.64. The van der Waals surface area contributed by atoms with Gasteiger partial charge in [-0.15, -0.1) is 0 Å². The zero-order valence-electron chi connectivity index (χ0n) is 16.8. The van der Waals surface area contributed by atoms with Crippen molar-refractivity contribution < 1.29 is 19.1 Å². The standard InChI is InChI=1S/C23H17Cl3N2O4/c1-2-31-21-11-14(13-27-28-22(29)15-4-6-16(24)7-5-15)3-10-20(21)32-23(30)18-9-8-17(25)12-19(18)26/h3-13H,2H2,1H3,(H,28,29)/b27-13+. The van der Waals surface area contributed by atoms with E-state index in [1.807, 2.05) is 0 Å². The highest BCUT2D eigenvalue weighted by molar-refractivity contribution is 6.36. The van der Waals surface area contributed by atoms with Gasteiger partial charge in [-0.2, -0.15) is 5.10 Å². The van der Waals surface area contributed by atoms with E-state index in [-0.39, 0.29) is 22.2 Å². The number of amides is 1. The van der Waals surface area contributed by atoms with Gasteiger partial charge in [0.15, 0.2) is 11.5 Å². The monoisotopic (exact) mass is 490 g/mol. The Kier molecular flexibility index (Phi) is 8.11. The molecule has 3 aromatic carbocycles. The molecule has 0 spiro atoms. The summed E-state index contributed by atoms with van der Waals surface area (Å²) in [5.41, 5.74) is 3.65. The van der Waals surface area contributed by atoms with Crippen molar-refractivity contribution >= 4 is 52.9 Å². The van der Waals surface area contributed by atoms with Crippen LogP contribution in [0.1, 0.15) is 33.2 Å². The average Bonchev–Trinajstić information content (AvgIpc) is 2.76. The predicted molar refractivity (Wildman–Crippen MR) is 126 cm³/mol. The van der Waals surface area contributed by atoms with Crippen LogP contribution in [0.3, 0.4) is 0 Å². The van der Waals surface area contributed by atoms with Gasteiger partial charge in [-0.1, -0.05) is 34.8 Å². The lowest BCUT2D eigenvalue weighted by atomic mass is 10.2. The fraction of sp³-hybridized carbons (Fsp3) is 0.0870. The lowest BCUT2D eigenvalue weighted by Gasteiger charge is -2.12. The van der Waals surface area contributed by atoms with Crippen molar-refractivity contribution in [2.24, 2.45) is 5.10 Å². The highest BCUT2D eigenvalue weighted by Gasteiger charge is 2.16. The SMILES string of the molecule is CCOc1cc(/C=N/NC(=O)c2ccc(Cl)cc2)ccc1OC(=O)c1ccc(Cl)cc1Cl. The maximum Gasteiger partial charge on any atom is 0.345 e. The molecule has 0 aromatic heterocycles. The zero-order valence-corrected chi connectivity index (χ0v) is 19.0. The molecule has 0 aliphatic heterocycles.